The lowest BCUT2D eigenvalue weighted by Gasteiger charge is -2.15. The molecular formula is C16H16N4OS2. The Morgan fingerprint density at radius 1 is 1.30 bits per heavy atom. The molecule has 0 radical (unpaired) electrons. The zero-order chi connectivity index (χ0) is 15.6. The van der Waals surface area contributed by atoms with Crippen molar-refractivity contribution in [2.24, 2.45) is 0 Å². The third-order valence-electron chi connectivity index (χ3n) is 3.94. The van der Waals surface area contributed by atoms with E-state index >= 15 is 0 Å². The number of hydrogen-bond acceptors (Lipinski definition) is 5. The minimum absolute atomic E-state index is 0.0214. The van der Waals surface area contributed by atoms with Gasteiger partial charge in [0, 0.05) is 25.2 Å². The first-order valence-electron chi connectivity index (χ1n) is 7.48. The molecule has 1 unspecified atom stereocenters. The number of hydrogen-bond donors (Lipinski definition) is 2. The molecule has 7 heteroatoms. The quantitative estimate of drug-likeness (QED) is 0.764. The van der Waals surface area contributed by atoms with E-state index < -0.39 is 0 Å². The fraction of sp³-hybridized carbons (Fsp3) is 0.250. The highest BCUT2D eigenvalue weighted by molar-refractivity contribution is 7.13. The average Bonchev–Trinajstić information content (AvgIpc) is 3.30. The van der Waals surface area contributed by atoms with Gasteiger partial charge >= 0.3 is 0 Å². The molecular weight excluding hydrogens is 328 g/mol. The first kappa shape index (κ1) is 14.5. The summed E-state index contributed by atoms with van der Waals surface area (Å²) in [4.78, 5) is 16.3. The maximum absolute atomic E-state index is 12.1. The first-order chi connectivity index (χ1) is 11.3. The molecule has 3 aromatic heterocycles. The highest BCUT2D eigenvalue weighted by Gasteiger charge is 2.26. The largest absolute Gasteiger partial charge is 0.353 e. The van der Waals surface area contributed by atoms with Crippen LogP contribution in [0.3, 0.4) is 0 Å². The maximum atomic E-state index is 12.1. The summed E-state index contributed by atoms with van der Waals surface area (Å²) in [6, 6.07) is 10.1. The maximum Gasteiger partial charge on any atom is 0.261 e. The number of thiophene rings is 2. The number of aromatic amines is 1. The minimum atomic E-state index is 0.0214. The Bertz CT molecular complexity index is 779. The Kier molecular flexibility index (Phi) is 3.88. The normalized spacial score (nSPS) is 17.6. The van der Waals surface area contributed by atoms with E-state index in [2.05, 4.69) is 37.9 Å². The predicted molar refractivity (Wildman–Crippen MR) is 94.3 cm³/mol. The van der Waals surface area contributed by atoms with Crippen LogP contribution in [0, 0.1) is 0 Å². The first-order valence-corrected chi connectivity index (χ1v) is 9.24. The Balaban J connectivity index is 1.40. The minimum Gasteiger partial charge on any atom is -0.353 e. The third kappa shape index (κ3) is 3.02. The molecule has 1 fully saturated rings. The van der Waals surface area contributed by atoms with Crippen LogP contribution in [0.5, 0.6) is 0 Å². The van der Waals surface area contributed by atoms with Crippen molar-refractivity contribution in [3.8, 4) is 10.6 Å². The molecule has 0 bridgehead atoms. The number of aromatic nitrogens is 2. The molecule has 4 rings (SSSR count). The van der Waals surface area contributed by atoms with Gasteiger partial charge in [0.2, 0.25) is 0 Å². The Morgan fingerprint density at radius 2 is 2.17 bits per heavy atom. The number of carbonyl (C=O) groups is 1. The molecule has 5 nitrogen and oxygen atoms in total. The molecule has 3 aromatic rings. The average molecular weight is 344 g/mol. The molecule has 1 amide bonds. The van der Waals surface area contributed by atoms with E-state index in [0.29, 0.717) is 0 Å². The molecule has 4 heterocycles. The predicted octanol–water partition coefficient (Wildman–Crippen LogP) is 3.21. The van der Waals surface area contributed by atoms with Gasteiger partial charge in [0.05, 0.1) is 15.4 Å². The van der Waals surface area contributed by atoms with Crippen molar-refractivity contribution >= 4 is 34.4 Å². The molecule has 0 aliphatic carbocycles. The number of rotatable bonds is 4. The molecule has 1 saturated heterocycles. The van der Waals surface area contributed by atoms with Gasteiger partial charge in [-0.05, 0) is 29.3 Å². The van der Waals surface area contributed by atoms with E-state index in [9.17, 15) is 4.79 Å². The zero-order valence-electron chi connectivity index (χ0n) is 12.4. The molecule has 23 heavy (non-hydrogen) atoms. The van der Waals surface area contributed by atoms with Gasteiger partial charge in [0.1, 0.15) is 0 Å². The molecule has 1 aliphatic heterocycles. The smallest absolute Gasteiger partial charge is 0.261 e. The number of nitrogens with one attached hydrogen (secondary N) is 2. The van der Waals surface area contributed by atoms with Crippen molar-refractivity contribution in [3.63, 3.8) is 0 Å². The summed E-state index contributed by atoms with van der Waals surface area (Å²) in [6.45, 7) is 1.70. The summed E-state index contributed by atoms with van der Waals surface area (Å²) in [5.41, 5.74) is 1.04. The van der Waals surface area contributed by atoms with E-state index in [4.69, 9.17) is 0 Å². The van der Waals surface area contributed by atoms with Gasteiger partial charge in [-0.2, -0.15) is 5.10 Å². The zero-order valence-corrected chi connectivity index (χ0v) is 14.0. The fourth-order valence-corrected chi connectivity index (χ4v) is 4.10. The second-order valence-electron chi connectivity index (χ2n) is 5.50. The van der Waals surface area contributed by atoms with Crippen LogP contribution in [0.4, 0.5) is 5.82 Å². The number of amides is 1. The number of nitrogens with zero attached hydrogens (tertiary/aromatic N) is 2. The summed E-state index contributed by atoms with van der Waals surface area (Å²) < 4.78 is 0. The van der Waals surface area contributed by atoms with Gasteiger partial charge < -0.3 is 10.2 Å². The lowest BCUT2D eigenvalue weighted by Crippen LogP contribution is -2.36. The van der Waals surface area contributed by atoms with Crippen LogP contribution in [-0.2, 0) is 0 Å². The van der Waals surface area contributed by atoms with E-state index in [1.165, 1.54) is 16.2 Å². The van der Waals surface area contributed by atoms with Crippen molar-refractivity contribution in [3.05, 3.63) is 46.0 Å². The second-order valence-corrected chi connectivity index (χ2v) is 7.39. The van der Waals surface area contributed by atoms with E-state index in [0.717, 1.165) is 35.9 Å². The van der Waals surface area contributed by atoms with Gasteiger partial charge in [0.15, 0.2) is 5.82 Å². The van der Waals surface area contributed by atoms with Crippen molar-refractivity contribution in [1.29, 1.82) is 0 Å². The summed E-state index contributed by atoms with van der Waals surface area (Å²) in [5.74, 6) is 0.967. The molecule has 0 spiro atoms. The summed E-state index contributed by atoms with van der Waals surface area (Å²) in [6.07, 6.45) is 0.943. The van der Waals surface area contributed by atoms with Crippen molar-refractivity contribution in [2.45, 2.75) is 12.5 Å². The van der Waals surface area contributed by atoms with E-state index in [1.807, 2.05) is 23.6 Å². The van der Waals surface area contributed by atoms with Crippen LogP contribution in [-0.4, -0.2) is 35.2 Å². The Labute approximate surface area is 142 Å². The molecule has 0 saturated carbocycles. The van der Waals surface area contributed by atoms with Crippen LogP contribution >= 0.6 is 22.7 Å². The van der Waals surface area contributed by atoms with Crippen molar-refractivity contribution < 1.29 is 4.79 Å². The van der Waals surface area contributed by atoms with E-state index in [-0.39, 0.29) is 11.9 Å². The van der Waals surface area contributed by atoms with E-state index in [1.54, 1.807) is 11.3 Å². The third-order valence-corrected chi connectivity index (χ3v) is 5.72. The lowest BCUT2D eigenvalue weighted by atomic mass is 10.2. The van der Waals surface area contributed by atoms with Gasteiger partial charge in [0.25, 0.3) is 5.91 Å². The van der Waals surface area contributed by atoms with Crippen LogP contribution in [0.1, 0.15) is 16.1 Å². The van der Waals surface area contributed by atoms with Crippen molar-refractivity contribution in [1.82, 2.24) is 15.5 Å². The van der Waals surface area contributed by atoms with Gasteiger partial charge in [-0.1, -0.05) is 12.1 Å². The topological polar surface area (TPSA) is 61.0 Å². The van der Waals surface area contributed by atoms with Crippen LogP contribution in [0.25, 0.3) is 10.6 Å². The van der Waals surface area contributed by atoms with Gasteiger partial charge in [-0.3, -0.25) is 9.89 Å². The molecule has 1 aliphatic rings. The standard InChI is InChI=1S/C16H16N4OS2/c21-16(14-4-2-8-23-14)17-11-5-6-20(10-11)15-9-12(18-19-15)13-3-1-7-22-13/h1-4,7-9,11H,5-6,10H2,(H,17,21)(H,18,19). The number of carbonyl (C=O) groups excluding carboxylic acids is 1. The highest BCUT2D eigenvalue weighted by Crippen LogP contribution is 2.27. The van der Waals surface area contributed by atoms with Crippen LogP contribution in [0.2, 0.25) is 0 Å². The molecule has 118 valence electrons. The molecule has 1 atom stereocenters. The van der Waals surface area contributed by atoms with Gasteiger partial charge in [-0.25, -0.2) is 0 Å². The number of anilines is 1. The molecule has 2 N–H and O–H groups in total. The Hall–Kier alpha value is -2.12. The summed E-state index contributed by atoms with van der Waals surface area (Å²) in [7, 11) is 0. The SMILES string of the molecule is O=C(NC1CCN(c2cc(-c3cccs3)[nH]n2)C1)c1cccs1. The van der Waals surface area contributed by atoms with Crippen LogP contribution < -0.4 is 10.2 Å². The monoisotopic (exact) mass is 344 g/mol. The summed E-state index contributed by atoms with van der Waals surface area (Å²) >= 11 is 3.17. The van der Waals surface area contributed by atoms with Crippen LogP contribution in [0.15, 0.2) is 41.1 Å². The molecule has 0 aromatic carbocycles. The lowest BCUT2D eigenvalue weighted by molar-refractivity contribution is 0.0944. The number of H-pyrrole nitrogens is 1. The Morgan fingerprint density at radius 3 is 2.96 bits per heavy atom. The summed E-state index contributed by atoms with van der Waals surface area (Å²) in [5, 5.41) is 14.6. The highest BCUT2D eigenvalue weighted by atomic mass is 32.1. The fourth-order valence-electron chi connectivity index (χ4n) is 2.78. The van der Waals surface area contributed by atoms with Crippen molar-refractivity contribution in [2.75, 3.05) is 18.0 Å². The second kappa shape index (κ2) is 6.17. The van der Waals surface area contributed by atoms with Gasteiger partial charge in [-0.15, -0.1) is 22.7 Å².